The van der Waals surface area contributed by atoms with Gasteiger partial charge in [-0.15, -0.1) is 6.58 Å². The fourth-order valence-corrected chi connectivity index (χ4v) is 2.66. The Morgan fingerprint density at radius 2 is 2.25 bits per heavy atom. The zero-order valence-corrected chi connectivity index (χ0v) is 9.71. The Labute approximate surface area is 97.5 Å². The van der Waals surface area contributed by atoms with Crippen LogP contribution in [0.15, 0.2) is 36.9 Å². The summed E-state index contributed by atoms with van der Waals surface area (Å²) >= 11 is 0. The summed E-state index contributed by atoms with van der Waals surface area (Å²) in [5, 5.41) is 3.55. The standard InChI is InChI=1S/C14H20N2/c1-2-10-16-14(11-15)9-5-7-12-6-3-4-8-13(12)14/h2-4,6,8,16H,1,5,7,9-11,15H2. The van der Waals surface area contributed by atoms with E-state index in [1.54, 1.807) is 0 Å². The largest absolute Gasteiger partial charge is 0.328 e. The number of nitrogens with two attached hydrogens (primary N) is 1. The van der Waals surface area contributed by atoms with Crippen LogP contribution >= 0.6 is 0 Å². The van der Waals surface area contributed by atoms with Gasteiger partial charge in [0.15, 0.2) is 0 Å². The SMILES string of the molecule is C=CCNC1(CN)CCCc2ccccc21. The van der Waals surface area contributed by atoms with Gasteiger partial charge < -0.3 is 11.1 Å². The van der Waals surface area contributed by atoms with Crippen LogP contribution in [0.4, 0.5) is 0 Å². The Hall–Kier alpha value is -1.12. The first-order valence-electron chi connectivity index (χ1n) is 5.97. The molecule has 0 saturated heterocycles. The third-order valence-electron chi connectivity index (χ3n) is 3.52. The molecule has 1 aliphatic rings. The number of benzene rings is 1. The van der Waals surface area contributed by atoms with Gasteiger partial charge in [-0.2, -0.15) is 0 Å². The molecule has 0 bridgehead atoms. The Balaban J connectivity index is 2.36. The van der Waals surface area contributed by atoms with E-state index in [2.05, 4.69) is 36.2 Å². The van der Waals surface area contributed by atoms with Crippen LogP contribution in [0.1, 0.15) is 24.0 Å². The van der Waals surface area contributed by atoms with Crippen molar-refractivity contribution in [2.24, 2.45) is 5.73 Å². The van der Waals surface area contributed by atoms with Crippen molar-refractivity contribution in [1.82, 2.24) is 5.32 Å². The summed E-state index contributed by atoms with van der Waals surface area (Å²) < 4.78 is 0. The molecule has 86 valence electrons. The molecular formula is C14H20N2. The van der Waals surface area contributed by atoms with Gasteiger partial charge in [0.25, 0.3) is 0 Å². The van der Waals surface area contributed by atoms with E-state index in [9.17, 15) is 0 Å². The van der Waals surface area contributed by atoms with Crippen LogP contribution in [0.5, 0.6) is 0 Å². The molecule has 2 heteroatoms. The predicted octanol–water partition coefficient (Wildman–Crippen LogP) is 1.95. The van der Waals surface area contributed by atoms with Gasteiger partial charge in [-0.1, -0.05) is 30.3 Å². The van der Waals surface area contributed by atoms with Gasteiger partial charge in [-0.3, -0.25) is 0 Å². The highest BCUT2D eigenvalue weighted by molar-refractivity contribution is 5.36. The first kappa shape index (κ1) is 11.4. The minimum Gasteiger partial charge on any atom is -0.328 e. The molecule has 1 aromatic carbocycles. The summed E-state index contributed by atoms with van der Waals surface area (Å²) in [5.74, 6) is 0. The molecule has 2 rings (SSSR count). The highest BCUT2D eigenvalue weighted by Gasteiger charge is 2.33. The van der Waals surface area contributed by atoms with Crippen molar-refractivity contribution in [3.05, 3.63) is 48.0 Å². The molecule has 1 aromatic rings. The third kappa shape index (κ3) is 1.91. The van der Waals surface area contributed by atoms with Crippen LogP contribution in [0.3, 0.4) is 0 Å². The van der Waals surface area contributed by atoms with E-state index in [1.807, 2.05) is 6.08 Å². The fraction of sp³-hybridized carbons (Fsp3) is 0.429. The molecule has 0 spiro atoms. The van der Waals surface area contributed by atoms with Gasteiger partial charge in [-0.25, -0.2) is 0 Å². The number of hydrogen-bond donors (Lipinski definition) is 2. The average Bonchev–Trinajstić information content (AvgIpc) is 2.36. The van der Waals surface area contributed by atoms with Gasteiger partial charge in [0.05, 0.1) is 5.54 Å². The van der Waals surface area contributed by atoms with Crippen molar-refractivity contribution in [3.63, 3.8) is 0 Å². The summed E-state index contributed by atoms with van der Waals surface area (Å²) in [6.45, 7) is 5.22. The predicted molar refractivity (Wildman–Crippen MR) is 68.3 cm³/mol. The lowest BCUT2D eigenvalue weighted by atomic mass is 9.76. The van der Waals surface area contributed by atoms with Crippen LogP contribution in [0.25, 0.3) is 0 Å². The lowest BCUT2D eigenvalue weighted by molar-refractivity contribution is 0.304. The van der Waals surface area contributed by atoms with E-state index < -0.39 is 0 Å². The van der Waals surface area contributed by atoms with Crippen LogP contribution in [0.2, 0.25) is 0 Å². The molecule has 1 unspecified atom stereocenters. The second-order valence-corrected chi connectivity index (χ2v) is 4.47. The van der Waals surface area contributed by atoms with E-state index in [1.165, 1.54) is 24.0 Å². The topological polar surface area (TPSA) is 38.0 Å². The van der Waals surface area contributed by atoms with Crippen LogP contribution in [-0.2, 0) is 12.0 Å². The zero-order valence-electron chi connectivity index (χ0n) is 9.71. The van der Waals surface area contributed by atoms with Gasteiger partial charge in [0.2, 0.25) is 0 Å². The van der Waals surface area contributed by atoms with E-state index in [0.717, 1.165) is 13.0 Å². The average molecular weight is 216 g/mol. The van der Waals surface area contributed by atoms with Gasteiger partial charge in [0.1, 0.15) is 0 Å². The molecule has 2 nitrogen and oxygen atoms in total. The van der Waals surface area contributed by atoms with Crippen molar-refractivity contribution >= 4 is 0 Å². The summed E-state index contributed by atoms with van der Waals surface area (Å²) in [6, 6.07) is 8.63. The number of fused-ring (bicyclic) bond motifs is 1. The van der Waals surface area contributed by atoms with Crippen molar-refractivity contribution in [3.8, 4) is 0 Å². The van der Waals surface area contributed by atoms with Crippen molar-refractivity contribution in [2.45, 2.75) is 24.8 Å². The normalized spacial score (nSPS) is 23.8. The zero-order chi connectivity index (χ0) is 11.4. The molecule has 3 N–H and O–H groups in total. The molecule has 0 amide bonds. The smallest absolute Gasteiger partial charge is 0.0564 e. The van der Waals surface area contributed by atoms with Gasteiger partial charge in [-0.05, 0) is 30.4 Å². The van der Waals surface area contributed by atoms with E-state index in [4.69, 9.17) is 5.73 Å². The Kier molecular flexibility index (Phi) is 3.42. The first-order chi connectivity index (χ1) is 7.82. The minimum atomic E-state index is -0.0387. The molecule has 0 fully saturated rings. The Bertz CT molecular complexity index is 373. The maximum Gasteiger partial charge on any atom is 0.0564 e. The third-order valence-corrected chi connectivity index (χ3v) is 3.52. The van der Waals surface area contributed by atoms with E-state index >= 15 is 0 Å². The Morgan fingerprint density at radius 3 is 3.00 bits per heavy atom. The molecule has 16 heavy (non-hydrogen) atoms. The molecule has 1 atom stereocenters. The number of nitrogens with one attached hydrogen (secondary N) is 1. The lowest BCUT2D eigenvalue weighted by Gasteiger charge is -2.39. The van der Waals surface area contributed by atoms with E-state index in [-0.39, 0.29) is 5.54 Å². The lowest BCUT2D eigenvalue weighted by Crippen LogP contribution is -2.50. The first-order valence-corrected chi connectivity index (χ1v) is 5.97. The maximum atomic E-state index is 6.00. The molecular weight excluding hydrogens is 196 g/mol. The quantitative estimate of drug-likeness (QED) is 0.755. The summed E-state index contributed by atoms with van der Waals surface area (Å²) in [6.07, 6.45) is 5.40. The Morgan fingerprint density at radius 1 is 1.44 bits per heavy atom. The second-order valence-electron chi connectivity index (χ2n) is 4.47. The van der Waals surface area contributed by atoms with Gasteiger partial charge >= 0.3 is 0 Å². The molecule has 0 radical (unpaired) electrons. The number of aryl methyl sites for hydroxylation is 1. The molecule has 1 aliphatic carbocycles. The number of rotatable bonds is 4. The molecule has 0 saturated carbocycles. The molecule has 0 heterocycles. The van der Waals surface area contributed by atoms with E-state index in [0.29, 0.717) is 6.54 Å². The van der Waals surface area contributed by atoms with Crippen LogP contribution in [0, 0.1) is 0 Å². The maximum absolute atomic E-state index is 6.00. The van der Waals surface area contributed by atoms with Crippen molar-refractivity contribution in [2.75, 3.05) is 13.1 Å². The highest BCUT2D eigenvalue weighted by Crippen LogP contribution is 2.34. The molecule has 0 aromatic heterocycles. The minimum absolute atomic E-state index is 0.0387. The summed E-state index contributed by atoms with van der Waals surface area (Å²) in [4.78, 5) is 0. The summed E-state index contributed by atoms with van der Waals surface area (Å²) in [5.41, 5.74) is 8.78. The van der Waals surface area contributed by atoms with Gasteiger partial charge in [0, 0.05) is 13.1 Å². The van der Waals surface area contributed by atoms with Crippen molar-refractivity contribution in [1.29, 1.82) is 0 Å². The number of hydrogen-bond acceptors (Lipinski definition) is 2. The monoisotopic (exact) mass is 216 g/mol. The summed E-state index contributed by atoms with van der Waals surface area (Å²) in [7, 11) is 0. The molecule has 0 aliphatic heterocycles. The van der Waals surface area contributed by atoms with Crippen molar-refractivity contribution < 1.29 is 0 Å². The fourth-order valence-electron chi connectivity index (χ4n) is 2.66. The highest BCUT2D eigenvalue weighted by atomic mass is 15.0. The van der Waals surface area contributed by atoms with Crippen LogP contribution < -0.4 is 11.1 Å². The second kappa shape index (κ2) is 4.81. The van der Waals surface area contributed by atoms with Crippen LogP contribution in [-0.4, -0.2) is 13.1 Å².